The third-order valence-electron chi connectivity index (χ3n) is 4.34. The largest absolute Gasteiger partial charge is 0.492 e. The molecule has 0 aliphatic rings. The van der Waals surface area contributed by atoms with Gasteiger partial charge in [-0.3, -0.25) is 19.8 Å². The quantitative estimate of drug-likeness (QED) is 0.248. The molecule has 1 amide bonds. The molecule has 8 nitrogen and oxygen atoms in total. The molecule has 0 spiro atoms. The van der Waals surface area contributed by atoms with E-state index in [1.807, 2.05) is 39.2 Å². The highest BCUT2D eigenvalue weighted by Gasteiger charge is 2.19. The van der Waals surface area contributed by atoms with Crippen molar-refractivity contribution in [1.82, 2.24) is 9.88 Å². The highest BCUT2D eigenvalue weighted by atomic mass is 32.1. The van der Waals surface area contributed by atoms with Crippen LogP contribution in [0.4, 0.5) is 10.1 Å². The Balaban J connectivity index is 1.87. The number of anilines is 1. The Labute approximate surface area is 188 Å². The van der Waals surface area contributed by atoms with E-state index < -0.39 is 4.92 Å². The molecule has 10 heteroatoms. The molecule has 0 aliphatic carbocycles. The maximum Gasteiger partial charge on any atom is 0.324 e. The van der Waals surface area contributed by atoms with Crippen molar-refractivity contribution >= 4 is 55.0 Å². The molecule has 2 aromatic heterocycles. The van der Waals surface area contributed by atoms with E-state index >= 15 is 0 Å². The monoisotopic (exact) mass is 460 g/mol. The summed E-state index contributed by atoms with van der Waals surface area (Å²) in [4.78, 5) is 32.6. The first kappa shape index (κ1) is 22.9. The fourth-order valence-electron chi connectivity index (χ4n) is 2.92. The molecule has 3 aromatic rings. The Kier molecular flexibility index (Phi) is 7.72. The number of carbonyl (C=O) groups excluding carboxylic acids is 1. The predicted molar refractivity (Wildman–Crippen MR) is 126 cm³/mol. The summed E-state index contributed by atoms with van der Waals surface area (Å²) < 4.78 is 6.63. The van der Waals surface area contributed by atoms with Crippen LogP contribution in [0, 0.1) is 10.1 Å². The number of aromatic nitrogens is 1. The molecule has 1 aromatic carbocycles. The van der Waals surface area contributed by atoms with E-state index in [-0.39, 0.29) is 10.9 Å². The molecule has 164 valence electrons. The first-order chi connectivity index (χ1) is 14.9. The zero-order chi connectivity index (χ0) is 22.4. The second-order valence-corrected chi connectivity index (χ2v) is 9.05. The maximum atomic E-state index is 13.1. The number of thiazole rings is 1. The van der Waals surface area contributed by atoms with E-state index in [4.69, 9.17) is 9.72 Å². The zero-order valence-electron chi connectivity index (χ0n) is 17.6. The van der Waals surface area contributed by atoms with Crippen molar-refractivity contribution in [3.8, 4) is 5.75 Å². The van der Waals surface area contributed by atoms with Gasteiger partial charge in [0, 0.05) is 23.6 Å². The molecule has 0 fully saturated rings. The van der Waals surface area contributed by atoms with Crippen LogP contribution < -0.4 is 9.64 Å². The van der Waals surface area contributed by atoms with Gasteiger partial charge in [-0.15, -0.1) is 0 Å². The van der Waals surface area contributed by atoms with Crippen molar-refractivity contribution in [2.75, 3.05) is 38.7 Å². The number of amides is 1. The molecule has 0 atom stereocenters. The summed E-state index contributed by atoms with van der Waals surface area (Å²) in [6.07, 6.45) is 3.84. The van der Waals surface area contributed by atoms with Crippen molar-refractivity contribution in [3.63, 3.8) is 0 Å². The number of fused-ring (bicyclic) bond motifs is 1. The molecule has 0 saturated heterocycles. The van der Waals surface area contributed by atoms with E-state index in [0.717, 1.165) is 34.5 Å². The number of benzene rings is 1. The van der Waals surface area contributed by atoms with E-state index in [1.165, 1.54) is 23.5 Å². The lowest BCUT2D eigenvalue weighted by Gasteiger charge is -2.19. The summed E-state index contributed by atoms with van der Waals surface area (Å²) in [5, 5.41) is 11.5. The molecule has 31 heavy (non-hydrogen) atoms. The van der Waals surface area contributed by atoms with E-state index in [2.05, 4.69) is 4.90 Å². The number of carbonyl (C=O) groups is 1. The van der Waals surface area contributed by atoms with Crippen LogP contribution in [0.15, 0.2) is 36.4 Å². The summed E-state index contributed by atoms with van der Waals surface area (Å²) in [5.41, 5.74) is 0.743. The predicted octanol–water partition coefficient (Wildman–Crippen LogP) is 4.66. The normalized spacial score (nSPS) is 11.5. The van der Waals surface area contributed by atoms with Crippen molar-refractivity contribution in [2.45, 2.75) is 13.3 Å². The van der Waals surface area contributed by atoms with Crippen LogP contribution >= 0.6 is 22.7 Å². The van der Waals surface area contributed by atoms with Gasteiger partial charge in [0.1, 0.15) is 11.3 Å². The Hall–Kier alpha value is -2.82. The van der Waals surface area contributed by atoms with Gasteiger partial charge in [0.25, 0.3) is 5.91 Å². The van der Waals surface area contributed by atoms with Gasteiger partial charge in [-0.1, -0.05) is 28.7 Å². The Morgan fingerprint density at radius 2 is 2.03 bits per heavy atom. The number of nitrogens with zero attached hydrogens (tertiary/aromatic N) is 4. The molecular formula is C21H24N4O4S2. The average Bonchev–Trinajstić information content (AvgIpc) is 3.37. The smallest absolute Gasteiger partial charge is 0.324 e. The van der Waals surface area contributed by atoms with E-state index in [0.29, 0.717) is 28.9 Å². The fourth-order valence-corrected chi connectivity index (χ4v) is 4.66. The number of hydrogen-bond acceptors (Lipinski definition) is 8. The molecule has 2 heterocycles. The molecule has 0 saturated carbocycles. The van der Waals surface area contributed by atoms with Crippen molar-refractivity contribution in [3.05, 3.63) is 51.4 Å². The number of para-hydroxylation sites is 1. The van der Waals surface area contributed by atoms with Crippen LogP contribution in [0.3, 0.4) is 0 Å². The second-order valence-electron chi connectivity index (χ2n) is 6.95. The van der Waals surface area contributed by atoms with Gasteiger partial charge in [0.15, 0.2) is 5.13 Å². The average molecular weight is 461 g/mol. The number of thiophene rings is 1. The lowest BCUT2D eigenvalue weighted by Crippen LogP contribution is -2.32. The topological polar surface area (TPSA) is 88.8 Å². The summed E-state index contributed by atoms with van der Waals surface area (Å²) in [6, 6.07) is 8.82. The SMILES string of the molecule is CCOc1cccc2sc(N(CCCN(C)C)C(=O)/C=C/c3ccc([N+](=O)[O-])s3)nc12. The number of hydrogen-bond donors (Lipinski definition) is 0. The van der Waals surface area contributed by atoms with Crippen LogP contribution in [-0.4, -0.2) is 54.5 Å². The van der Waals surface area contributed by atoms with Gasteiger partial charge in [0.05, 0.1) is 16.2 Å². The Morgan fingerprint density at radius 3 is 2.71 bits per heavy atom. The van der Waals surface area contributed by atoms with Gasteiger partial charge in [0.2, 0.25) is 0 Å². The van der Waals surface area contributed by atoms with Crippen LogP contribution in [0.25, 0.3) is 16.3 Å². The Bertz CT molecular complexity index is 1090. The third kappa shape index (κ3) is 5.87. The third-order valence-corrected chi connectivity index (χ3v) is 6.38. The van der Waals surface area contributed by atoms with Crippen LogP contribution in [0.5, 0.6) is 5.75 Å². The molecule has 0 unspecified atom stereocenters. The number of nitro groups is 1. The van der Waals surface area contributed by atoms with Gasteiger partial charge in [-0.2, -0.15) is 0 Å². The lowest BCUT2D eigenvalue weighted by molar-refractivity contribution is -0.380. The summed E-state index contributed by atoms with van der Waals surface area (Å²) in [7, 11) is 3.98. The minimum atomic E-state index is -0.436. The number of ether oxygens (including phenoxy) is 1. The minimum Gasteiger partial charge on any atom is -0.492 e. The molecular weight excluding hydrogens is 436 g/mol. The van der Waals surface area contributed by atoms with Crippen molar-refractivity contribution < 1.29 is 14.5 Å². The van der Waals surface area contributed by atoms with Gasteiger partial charge in [-0.05, 0) is 58.3 Å². The minimum absolute atomic E-state index is 0.0459. The summed E-state index contributed by atoms with van der Waals surface area (Å²) in [5.74, 6) is 0.483. The highest BCUT2D eigenvalue weighted by molar-refractivity contribution is 7.22. The van der Waals surface area contributed by atoms with Gasteiger partial charge in [-0.25, -0.2) is 4.98 Å². The van der Waals surface area contributed by atoms with Gasteiger partial charge >= 0.3 is 5.00 Å². The van der Waals surface area contributed by atoms with Gasteiger partial charge < -0.3 is 9.64 Å². The van der Waals surface area contributed by atoms with Crippen molar-refractivity contribution in [2.24, 2.45) is 0 Å². The van der Waals surface area contributed by atoms with Crippen LogP contribution in [0.2, 0.25) is 0 Å². The molecule has 0 N–H and O–H groups in total. The van der Waals surface area contributed by atoms with E-state index in [9.17, 15) is 14.9 Å². The maximum absolute atomic E-state index is 13.1. The standard InChI is InChI=1S/C21H24N4O4S2/c1-4-29-16-7-5-8-17-20(16)22-21(31-17)24(14-6-13-23(2)3)18(26)11-9-15-10-12-19(30-15)25(27)28/h5,7-12H,4,6,13-14H2,1-3H3/b11-9+. The first-order valence-electron chi connectivity index (χ1n) is 9.80. The molecule has 0 radical (unpaired) electrons. The van der Waals surface area contributed by atoms with E-state index in [1.54, 1.807) is 17.0 Å². The molecule has 0 aliphatic heterocycles. The van der Waals surface area contributed by atoms with Crippen LogP contribution in [0.1, 0.15) is 18.2 Å². The lowest BCUT2D eigenvalue weighted by atomic mass is 10.3. The number of rotatable bonds is 10. The van der Waals surface area contributed by atoms with Crippen LogP contribution in [-0.2, 0) is 4.79 Å². The Morgan fingerprint density at radius 1 is 1.23 bits per heavy atom. The second kappa shape index (κ2) is 10.5. The van der Waals surface area contributed by atoms with Crippen molar-refractivity contribution in [1.29, 1.82) is 0 Å². The zero-order valence-corrected chi connectivity index (χ0v) is 19.2. The summed E-state index contributed by atoms with van der Waals surface area (Å²) >= 11 is 2.47. The summed E-state index contributed by atoms with van der Waals surface area (Å²) in [6.45, 7) is 3.80. The molecule has 0 bridgehead atoms. The first-order valence-corrected chi connectivity index (χ1v) is 11.4. The molecule has 3 rings (SSSR count). The highest BCUT2D eigenvalue weighted by Crippen LogP contribution is 2.34. The fraction of sp³-hybridized carbons (Fsp3) is 0.333.